The fraction of sp³-hybridized carbons (Fsp3) is 0.250. The number of rotatable bonds is 6. The molecule has 1 heterocycles. The Kier molecular flexibility index (Phi) is 6.51. The first-order valence-corrected chi connectivity index (χ1v) is 8.84. The van der Waals surface area contributed by atoms with Crippen LogP contribution in [0.15, 0.2) is 41.4 Å². The molecular weight excluding hydrogens is 344 g/mol. The first-order valence-electron chi connectivity index (χ1n) is 7.21. The molecule has 1 atom stereocenters. The van der Waals surface area contributed by atoms with Gasteiger partial charge in [0.05, 0.1) is 12.5 Å². The Hall–Kier alpha value is -2.19. The van der Waals surface area contributed by atoms with E-state index in [0.717, 1.165) is 16.2 Å². The maximum atomic E-state index is 11.2. The Labute approximate surface area is 150 Å². The zero-order valence-electron chi connectivity index (χ0n) is 13.3. The highest BCUT2D eigenvalue weighted by atomic mass is 32.2. The van der Waals surface area contributed by atoms with Crippen molar-refractivity contribution in [2.24, 2.45) is 0 Å². The topological polar surface area (TPSA) is 87.1 Å². The summed E-state index contributed by atoms with van der Waals surface area (Å²) in [5.41, 5.74) is 1.66. The lowest BCUT2D eigenvalue weighted by Gasteiger charge is -2.19. The molecule has 2 aromatic rings. The van der Waals surface area contributed by atoms with Crippen molar-refractivity contribution in [3.63, 3.8) is 0 Å². The number of aryl methyl sites for hydroxylation is 1. The van der Waals surface area contributed by atoms with Gasteiger partial charge in [-0.25, -0.2) is 9.97 Å². The van der Waals surface area contributed by atoms with Crippen molar-refractivity contribution in [3.05, 3.63) is 47.8 Å². The number of thiocarbonyl (C=S) groups is 1. The van der Waals surface area contributed by atoms with Gasteiger partial charge in [-0.3, -0.25) is 4.79 Å². The number of carboxylic acids is 1. The second-order valence-corrected chi connectivity index (χ2v) is 6.33. The van der Waals surface area contributed by atoms with Crippen LogP contribution in [0.3, 0.4) is 0 Å². The monoisotopic (exact) mass is 362 g/mol. The minimum absolute atomic E-state index is 0.0882. The van der Waals surface area contributed by atoms with Gasteiger partial charge in [-0.15, -0.1) is 11.8 Å². The van der Waals surface area contributed by atoms with Crippen molar-refractivity contribution in [2.45, 2.75) is 24.3 Å². The number of nitrogens with one attached hydrogen (secondary N) is 2. The number of hydrogen-bond donors (Lipinski definition) is 3. The van der Waals surface area contributed by atoms with E-state index in [2.05, 4.69) is 20.6 Å². The molecule has 0 amide bonds. The Morgan fingerprint density at radius 3 is 2.62 bits per heavy atom. The lowest BCUT2D eigenvalue weighted by atomic mass is 10.0. The molecule has 0 fully saturated rings. The molecule has 3 N–H and O–H groups in total. The van der Waals surface area contributed by atoms with E-state index in [1.807, 2.05) is 37.4 Å². The molecule has 0 aliphatic rings. The van der Waals surface area contributed by atoms with E-state index in [0.29, 0.717) is 5.95 Å². The largest absolute Gasteiger partial charge is 0.481 e. The van der Waals surface area contributed by atoms with Crippen molar-refractivity contribution in [1.29, 1.82) is 0 Å². The molecule has 1 aromatic carbocycles. The number of aromatic nitrogens is 2. The van der Waals surface area contributed by atoms with Crippen LogP contribution in [-0.2, 0) is 4.79 Å². The molecule has 0 saturated heterocycles. The van der Waals surface area contributed by atoms with Crippen molar-refractivity contribution in [3.8, 4) is 0 Å². The molecule has 0 saturated carbocycles. The van der Waals surface area contributed by atoms with Gasteiger partial charge in [0.2, 0.25) is 5.95 Å². The van der Waals surface area contributed by atoms with E-state index >= 15 is 0 Å². The Balaban J connectivity index is 2.09. The molecule has 0 bridgehead atoms. The minimum atomic E-state index is -0.906. The average molecular weight is 362 g/mol. The Morgan fingerprint density at radius 2 is 2.04 bits per heavy atom. The molecule has 0 spiro atoms. The van der Waals surface area contributed by atoms with E-state index < -0.39 is 12.0 Å². The van der Waals surface area contributed by atoms with Crippen molar-refractivity contribution >= 4 is 41.0 Å². The van der Waals surface area contributed by atoms with Gasteiger partial charge < -0.3 is 15.7 Å². The van der Waals surface area contributed by atoms with Crippen molar-refractivity contribution in [2.75, 3.05) is 11.6 Å². The van der Waals surface area contributed by atoms with E-state index in [-0.39, 0.29) is 11.5 Å². The molecule has 8 heteroatoms. The number of anilines is 1. The number of thioether (sulfide) groups is 1. The third kappa shape index (κ3) is 5.47. The van der Waals surface area contributed by atoms with Crippen LogP contribution in [0.2, 0.25) is 0 Å². The fourth-order valence-corrected chi connectivity index (χ4v) is 2.71. The Bertz CT molecular complexity index is 722. The second-order valence-electron chi connectivity index (χ2n) is 5.04. The van der Waals surface area contributed by atoms with Gasteiger partial charge in [-0.1, -0.05) is 12.1 Å². The fourth-order valence-electron chi connectivity index (χ4n) is 2.07. The maximum Gasteiger partial charge on any atom is 0.305 e. The molecule has 126 valence electrons. The lowest BCUT2D eigenvalue weighted by Crippen LogP contribution is -2.34. The predicted molar refractivity (Wildman–Crippen MR) is 99.3 cm³/mol. The van der Waals surface area contributed by atoms with Crippen LogP contribution in [0.25, 0.3) is 0 Å². The van der Waals surface area contributed by atoms with Crippen LogP contribution in [-0.4, -0.2) is 32.4 Å². The van der Waals surface area contributed by atoms with Gasteiger partial charge in [0.15, 0.2) is 5.11 Å². The van der Waals surface area contributed by atoms with E-state index in [9.17, 15) is 4.79 Å². The quantitative estimate of drug-likeness (QED) is 0.534. The Morgan fingerprint density at radius 1 is 1.33 bits per heavy atom. The average Bonchev–Trinajstić information content (AvgIpc) is 2.54. The summed E-state index contributed by atoms with van der Waals surface area (Å²) in [4.78, 5) is 20.6. The lowest BCUT2D eigenvalue weighted by molar-refractivity contribution is -0.137. The van der Waals surface area contributed by atoms with Crippen LogP contribution < -0.4 is 10.6 Å². The molecule has 24 heavy (non-hydrogen) atoms. The summed E-state index contributed by atoms with van der Waals surface area (Å²) in [6.07, 6.45) is 3.53. The summed E-state index contributed by atoms with van der Waals surface area (Å²) >= 11 is 6.89. The van der Waals surface area contributed by atoms with Crippen LogP contribution in [0.5, 0.6) is 0 Å². The normalized spacial score (nSPS) is 11.6. The molecular formula is C16H18N4O2S2. The summed E-state index contributed by atoms with van der Waals surface area (Å²) in [7, 11) is 0. The first-order chi connectivity index (χ1) is 11.5. The van der Waals surface area contributed by atoms with Gasteiger partial charge in [0, 0.05) is 16.8 Å². The molecule has 0 aliphatic heterocycles. The summed E-state index contributed by atoms with van der Waals surface area (Å²) in [6.45, 7) is 1.85. The summed E-state index contributed by atoms with van der Waals surface area (Å²) in [5.74, 6) is -0.532. The van der Waals surface area contributed by atoms with Gasteiger partial charge >= 0.3 is 5.97 Å². The number of carbonyl (C=O) groups is 1. The first kappa shape index (κ1) is 18.2. The highest BCUT2D eigenvalue weighted by Gasteiger charge is 2.17. The van der Waals surface area contributed by atoms with Crippen LogP contribution in [0.1, 0.15) is 23.7 Å². The van der Waals surface area contributed by atoms with Crippen molar-refractivity contribution in [1.82, 2.24) is 15.3 Å². The molecule has 6 nitrogen and oxygen atoms in total. The van der Waals surface area contributed by atoms with Crippen LogP contribution >= 0.6 is 24.0 Å². The molecule has 0 radical (unpaired) electrons. The third-order valence-electron chi connectivity index (χ3n) is 3.22. The summed E-state index contributed by atoms with van der Waals surface area (Å²) in [6, 6.07) is 9.05. The van der Waals surface area contributed by atoms with Gasteiger partial charge in [-0.05, 0) is 49.2 Å². The SMILES string of the molecule is CSc1ccc(C(CC(=O)O)NC(=S)Nc2nccc(C)n2)cc1. The van der Waals surface area contributed by atoms with Crippen LogP contribution in [0.4, 0.5) is 5.95 Å². The number of aliphatic carboxylic acids is 1. The molecule has 1 aromatic heterocycles. The zero-order chi connectivity index (χ0) is 17.5. The predicted octanol–water partition coefficient (Wildman–Crippen LogP) is 3.01. The number of benzene rings is 1. The van der Waals surface area contributed by atoms with Gasteiger partial charge in [-0.2, -0.15) is 0 Å². The summed E-state index contributed by atoms with van der Waals surface area (Å²) in [5, 5.41) is 15.3. The molecule has 2 rings (SSSR count). The zero-order valence-corrected chi connectivity index (χ0v) is 14.9. The highest BCUT2D eigenvalue weighted by molar-refractivity contribution is 7.98. The van der Waals surface area contributed by atoms with Gasteiger partial charge in [0.1, 0.15) is 0 Å². The smallest absolute Gasteiger partial charge is 0.305 e. The van der Waals surface area contributed by atoms with Crippen LogP contribution in [0, 0.1) is 6.92 Å². The van der Waals surface area contributed by atoms with E-state index in [1.165, 1.54) is 0 Å². The van der Waals surface area contributed by atoms with Crippen molar-refractivity contribution < 1.29 is 9.90 Å². The molecule has 1 unspecified atom stereocenters. The number of carboxylic acid groups (broad SMARTS) is 1. The number of hydrogen-bond acceptors (Lipinski definition) is 5. The maximum absolute atomic E-state index is 11.2. The highest BCUT2D eigenvalue weighted by Crippen LogP contribution is 2.21. The minimum Gasteiger partial charge on any atom is -0.481 e. The molecule has 0 aliphatic carbocycles. The summed E-state index contributed by atoms with van der Waals surface area (Å²) < 4.78 is 0. The van der Waals surface area contributed by atoms with E-state index in [4.69, 9.17) is 17.3 Å². The number of nitrogens with zero attached hydrogens (tertiary/aromatic N) is 2. The van der Waals surface area contributed by atoms with Gasteiger partial charge in [0.25, 0.3) is 0 Å². The second kappa shape index (κ2) is 8.60. The third-order valence-corrected chi connectivity index (χ3v) is 4.19. The standard InChI is InChI=1S/C16H18N4O2S2/c1-10-7-8-17-15(18-10)20-16(23)19-13(9-14(21)22)11-3-5-12(24-2)6-4-11/h3-8,13H,9H2,1-2H3,(H,21,22)(H2,17,18,19,20,23). The van der Waals surface area contributed by atoms with E-state index in [1.54, 1.807) is 24.0 Å².